The van der Waals surface area contributed by atoms with E-state index in [1.807, 2.05) is 6.92 Å². The summed E-state index contributed by atoms with van der Waals surface area (Å²) in [6.07, 6.45) is 3.76. The van der Waals surface area contributed by atoms with Crippen LogP contribution in [0.25, 0.3) is 0 Å². The van der Waals surface area contributed by atoms with Crippen molar-refractivity contribution in [3.63, 3.8) is 0 Å². The molecule has 8 nitrogen and oxygen atoms in total. The minimum atomic E-state index is -0.762. The number of carbonyl (C=O) groups is 2. The van der Waals surface area contributed by atoms with Crippen molar-refractivity contribution in [2.45, 2.75) is 38.6 Å². The molecule has 1 fully saturated rings. The van der Waals surface area contributed by atoms with Gasteiger partial charge in [-0.25, -0.2) is 4.79 Å². The lowest BCUT2D eigenvalue weighted by Gasteiger charge is -2.08. The maximum Gasteiger partial charge on any atom is 0.338 e. The van der Waals surface area contributed by atoms with Gasteiger partial charge < -0.3 is 15.4 Å². The lowest BCUT2D eigenvalue weighted by Crippen LogP contribution is -2.29. The second-order valence-electron chi connectivity index (χ2n) is 5.69. The van der Waals surface area contributed by atoms with Gasteiger partial charge in [0.05, 0.1) is 10.5 Å². The fraction of sp³-hybridized carbons (Fsp3) is 0.500. The third-order valence-electron chi connectivity index (χ3n) is 3.55. The number of rotatable bonds is 9. The predicted octanol–water partition coefficient (Wildman–Crippen LogP) is 2.24. The molecule has 24 heavy (non-hydrogen) atoms. The molecule has 2 N–H and O–H groups in total. The number of nitrogens with one attached hydrogen (secondary N) is 2. The number of carbonyl (C=O) groups excluding carboxylic acids is 2. The van der Waals surface area contributed by atoms with Crippen molar-refractivity contribution >= 4 is 23.3 Å². The highest BCUT2D eigenvalue weighted by atomic mass is 16.6. The molecule has 0 atom stereocenters. The fourth-order valence-electron chi connectivity index (χ4n) is 2.05. The summed E-state index contributed by atoms with van der Waals surface area (Å²) in [6, 6.07) is 4.37. The van der Waals surface area contributed by atoms with Crippen LogP contribution in [0.2, 0.25) is 0 Å². The number of ether oxygens (including phenoxy) is 1. The molecule has 8 heteroatoms. The Morgan fingerprint density at radius 3 is 2.75 bits per heavy atom. The number of unbranched alkanes of at least 4 members (excludes halogenated alkanes) is 1. The molecule has 0 heterocycles. The van der Waals surface area contributed by atoms with E-state index in [0.29, 0.717) is 12.2 Å². The molecular weight excluding hydrogens is 314 g/mol. The number of hydrogen-bond acceptors (Lipinski definition) is 6. The molecule has 1 aliphatic rings. The molecule has 0 aliphatic heterocycles. The first kappa shape index (κ1) is 17.7. The molecule has 0 unspecified atom stereocenters. The quantitative estimate of drug-likeness (QED) is 0.310. The van der Waals surface area contributed by atoms with Crippen LogP contribution in [0.4, 0.5) is 11.4 Å². The van der Waals surface area contributed by atoms with Crippen molar-refractivity contribution in [2.75, 3.05) is 18.5 Å². The number of nitrogens with zero attached hydrogens (tertiary/aromatic N) is 1. The minimum Gasteiger partial charge on any atom is -0.452 e. The zero-order valence-corrected chi connectivity index (χ0v) is 13.5. The number of anilines is 1. The topological polar surface area (TPSA) is 111 Å². The Labute approximate surface area is 139 Å². The molecule has 1 amide bonds. The average Bonchev–Trinajstić information content (AvgIpc) is 3.37. The molecule has 1 aromatic carbocycles. The van der Waals surface area contributed by atoms with Crippen molar-refractivity contribution in [1.82, 2.24) is 5.32 Å². The van der Waals surface area contributed by atoms with E-state index in [2.05, 4.69) is 10.6 Å². The predicted molar refractivity (Wildman–Crippen MR) is 87.9 cm³/mol. The van der Waals surface area contributed by atoms with E-state index in [4.69, 9.17) is 4.74 Å². The van der Waals surface area contributed by atoms with E-state index in [1.54, 1.807) is 0 Å². The third kappa shape index (κ3) is 5.22. The molecule has 1 aliphatic carbocycles. The molecule has 1 aromatic rings. The van der Waals surface area contributed by atoms with Crippen LogP contribution in [0.5, 0.6) is 0 Å². The van der Waals surface area contributed by atoms with Gasteiger partial charge in [0.2, 0.25) is 0 Å². The highest BCUT2D eigenvalue weighted by Gasteiger charge is 2.25. The van der Waals surface area contributed by atoms with Gasteiger partial charge in [0.25, 0.3) is 11.6 Å². The molecule has 1 saturated carbocycles. The third-order valence-corrected chi connectivity index (χ3v) is 3.55. The van der Waals surface area contributed by atoms with Crippen LogP contribution in [0, 0.1) is 10.1 Å². The summed E-state index contributed by atoms with van der Waals surface area (Å²) in [6.45, 7) is 2.12. The Morgan fingerprint density at radius 2 is 2.12 bits per heavy atom. The van der Waals surface area contributed by atoms with Crippen LogP contribution in [0.15, 0.2) is 18.2 Å². The lowest BCUT2D eigenvalue weighted by molar-refractivity contribution is -0.384. The number of esters is 1. The van der Waals surface area contributed by atoms with Crippen molar-refractivity contribution in [3.8, 4) is 0 Å². The van der Waals surface area contributed by atoms with Crippen molar-refractivity contribution in [3.05, 3.63) is 33.9 Å². The van der Waals surface area contributed by atoms with Gasteiger partial charge in [0.15, 0.2) is 6.61 Å². The Bertz CT molecular complexity index is 628. The van der Waals surface area contributed by atoms with Gasteiger partial charge in [0.1, 0.15) is 5.69 Å². The number of benzene rings is 1. The lowest BCUT2D eigenvalue weighted by atomic mass is 10.1. The number of amides is 1. The zero-order chi connectivity index (χ0) is 17.5. The Kier molecular flexibility index (Phi) is 6.11. The summed E-state index contributed by atoms with van der Waals surface area (Å²) in [5.74, 6) is -1.15. The van der Waals surface area contributed by atoms with Crippen LogP contribution < -0.4 is 10.6 Å². The van der Waals surface area contributed by atoms with Crippen molar-refractivity contribution in [2.24, 2.45) is 0 Å². The van der Waals surface area contributed by atoms with Gasteiger partial charge in [0, 0.05) is 18.7 Å². The molecule has 0 aromatic heterocycles. The van der Waals surface area contributed by atoms with Gasteiger partial charge >= 0.3 is 5.97 Å². The summed E-state index contributed by atoms with van der Waals surface area (Å²) >= 11 is 0. The summed E-state index contributed by atoms with van der Waals surface area (Å²) in [7, 11) is 0. The van der Waals surface area contributed by atoms with Gasteiger partial charge in [-0.05, 0) is 31.4 Å². The van der Waals surface area contributed by atoms with Crippen molar-refractivity contribution < 1.29 is 19.2 Å². The Morgan fingerprint density at radius 1 is 1.38 bits per heavy atom. The van der Waals surface area contributed by atoms with E-state index < -0.39 is 23.4 Å². The second-order valence-corrected chi connectivity index (χ2v) is 5.69. The summed E-state index contributed by atoms with van der Waals surface area (Å²) < 4.78 is 4.89. The first-order valence-corrected chi connectivity index (χ1v) is 8.00. The number of nitro benzene ring substituents is 1. The van der Waals surface area contributed by atoms with E-state index in [0.717, 1.165) is 25.7 Å². The average molecular weight is 335 g/mol. The minimum absolute atomic E-state index is 0.0457. The zero-order valence-electron chi connectivity index (χ0n) is 13.5. The Balaban J connectivity index is 1.94. The Hall–Kier alpha value is -2.64. The molecule has 0 saturated heterocycles. The summed E-state index contributed by atoms with van der Waals surface area (Å²) in [5, 5.41) is 16.8. The van der Waals surface area contributed by atoms with Crippen LogP contribution in [0.1, 0.15) is 43.0 Å². The largest absolute Gasteiger partial charge is 0.452 e. The number of nitro groups is 1. The molecule has 0 spiro atoms. The van der Waals surface area contributed by atoms with Crippen LogP contribution in [-0.2, 0) is 9.53 Å². The maximum atomic E-state index is 12.0. The first-order valence-electron chi connectivity index (χ1n) is 8.00. The highest BCUT2D eigenvalue weighted by Crippen LogP contribution is 2.31. The van der Waals surface area contributed by atoms with E-state index >= 15 is 0 Å². The molecule has 2 rings (SSSR count). The SMILES string of the molecule is CCCCNC(=O)COC(=O)c1ccc(NC2CC2)c([N+](=O)[O-])c1. The van der Waals surface area contributed by atoms with Gasteiger partial charge in [-0.1, -0.05) is 13.3 Å². The monoisotopic (exact) mass is 335 g/mol. The maximum absolute atomic E-state index is 12.0. The molecule has 130 valence electrons. The van der Waals surface area contributed by atoms with Crippen LogP contribution in [0.3, 0.4) is 0 Å². The van der Waals surface area contributed by atoms with Crippen LogP contribution >= 0.6 is 0 Å². The standard InChI is InChI=1S/C16H21N3O5/c1-2-3-8-17-15(20)10-24-16(21)11-4-7-13(18-12-5-6-12)14(9-11)19(22)23/h4,7,9,12,18H,2-3,5-6,8,10H2,1H3,(H,17,20). The normalized spacial score (nSPS) is 13.2. The van der Waals surface area contributed by atoms with E-state index in [-0.39, 0.29) is 17.3 Å². The summed E-state index contributed by atoms with van der Waals surface area (Å²) in [5.41, 5.74) is 0.254. The van der Waals surface area contributed by atoms with E-state index in [1.165, 1.54) is 18.2 Å². The fourth-order valence-corrected chi connectivity index (χ4v) is 2.05. The molecular formula is C16H21N3O5. The molecule has 0 radical (unpaired) electrons. The van der Waals surface area contributed by atoms with E-state index in [9.17, 15) is 19.7 Å². The highest BCUT2D eigenvalue weighted by molar-refractivity contribution is 5.93. The summed E-state index contributed by atoms with van der Waals surface area (Å²) in [4.78, 5) is 34.1. The number of hydrogen-bond donors (Lipinski definition) is 2. The van der Waals surface area contributed by atoms with Crippen LogP contribution in [-0.4, -0.2) is 36.0 Å². The van der Waals surface area contributed by atoms with Gasteiger partial charge in [-0.2, -0.15) is 0 Å². The first-order chi connectivity index (χ1) is 11.5. The second kappa shape index (κ2) is 8.28. The molecule has 0 bridgehead atoms. The van der Waals surface area contributed by atoms with Gasteiger partial charge in [-0.3, -0.25) is 14.9 Å². The van der Waals surface area contributed by atoms with Crippen molar-refractivity contribution in [1.29, 1.82) is 0 Å². The smallest absolute Gasteiger partial charge is 0.338 e. The van der Waals surface area contributed by atoms with Gasteiger partial charge in [-0.15, -0.1) is 0 Å².